The minimum Gasteiger partial charge on any atom is -0.194 e. The molecule has 0 N–H and O–H groups in total. The maximum absolute atomic E-state index is 12.7. The largest absolute Gasteiger partial charge is 0.460 e. The highest BCUT2D eigenvalue weighted by Gasteiger charge is 2.84. The van der Waals surface area contributed by atoms with Gasteiger partial charge in [-0.3, -0.25) is 0 Å². The third-order valence-electron chi connectivity index (χ3n) is 1.93. The second-order valence-electron chi connectivity index (χ2n) is 3.35. The van der Waals surface area contributed by atoms with Crippen LogP contribution in [0, 0.1) is 0 Å². The summed E-state index contributed by atoms with van der Waals surface area (Å²) in [5, 5.41) is 0. The van der Waals surface area contributed by atoms with E-state index in [1.54, 1.807) is 0 Å². The minimum absolute atomic E-state index is 4.58. The number of halogens is 14. The third kappa shape index (κ3) is 3.02. The molecule has 0 bridgehead atoms. The van der Waals surface area contributed by atoms with Crippen molar-refractivity contribution in [3.8, 4) is 0 Å². The lowest BCUT2D eigenvalue weighted by Gasteiger charge is -2.34. The van der Waals surface area contributed by atoms with E-state index >= 15 is 0 Å². The maximum Gasteiger partial charge on any atom is 0.460 e. The van der Waals surface area contributed by atoms with Gasteiger partial charge in [0.25, 0.3) is 6.08 Å². The lowest BCUT2D eigenvalue weighted by atomic mass is 9.97. The van der Waals surface area contributed by atoms with E-state index in [0.717, 1.165) is 0 Å². The van der Waals surface area contributed by atoms with E-state index in [9.17, 15) is 61.5 Å². The van der Waals surface area contributed by atoms with Crippen LogP contribution >= 0.6 is 0 Å². The standard InChI is InChI=1S/C7F14/c8-2(9)1(4(12,13)14)3(10,11)5(15,16)6(17,18)7(19,20)21. The van der Waals surface area contributed by atoms with E-state index in [1.807, 2.05) is 0 Å². The SMILES string of the molecule is FC(F)=C(C(F)(F)F)C(F)(F)C(F)(F)C(F)(F)C(F)(F)F. The van der Waals surface area contributed by atoms with Crippen molar-refractivity contribution in [3.05, 3.63) is 11.7 Å². The third-order valence-corrected chi connectivity index (χ3v) is 1.93. The first kappa shape index (κ1) is 19.8. The molecule has 126 valence electrons. The summed E-state index contributed by atoms with van der Waals surface area (Å²) in [7, 11) is 0. The molecule has 0 saturated carbocycles. The zero-order valence-electron chi connectivity index (χ0n) is 8.79. The first-order valence-corrected chi connectivity index (χ1v) is 4.15. The summed E-state index contributed by atoms with van der Waals surface area (Å²) in [5.41, 5.74) is -4.79. The van der Waals surface area contributed by atoms with Crippen molar-refractivity contribution in [3.63, 3.8) is 0 Å². The molecule has 0 aliphatic carbocycles. The Morgan fingerprint density at radius 2 is 0.857 bits per heavy atom. The smallest absolute Gasteiger partial charge is 0.194 e. The van der Waals surface area contributed by atoms with Crippen LogP contribution in [0.2, 0.25) is 0 Å². The predicted molar refractivity (Wildman–Crippen MR) is 36.2 cm³/mol. The summed E-state index contributed by atoms with van der Waals surface area (Å²) in [6.45, 7) is 0. The van der Waals surface area contributed by atoms with Crippen LogP contribution in [0.15, 0.2) is 11.7 Å². The van der Waals surface area contributed by atoms with E-state index in [4.69, 9.17) is 0 Å². The van der Waals surface area contributed by atoms with E-state index in [0.29, 0.717) is 0 Å². The number of alkyl halides is 12. The molecule has 0 nitrogen and oxygen atoms in total. The topological polar surface area (TPSA) is 0 Å². The molecule has 0 spiro atoms. The Morgan fingerprint density at radius 1 is 0.524 bits per heavy atom. The highest BCUT2D eigenvalue weighted by molar-refractivity contribution is 5.25. The summed E-state index contributed by atoms with van der Waals surface area (Å²) >= 11 is 0. The van der Waals surface area contributed by atoms with Crippen molar-refractivity contribution in [2.24, 2.45) is 0 Å². The fourth-order valence-corrected chi connectivity index (χ4v) is 0.936. The average Bonchev–Trinajstić information content (AvgIpc) is 2.10. The van der Waals surface area contributed by atoms with Gasteiger partial charge in [-0.2, -0.15) is 61.5 Å². The van der Waals surface area contributed by atoms with E-state index in [2.05, 4.69) is 0 Å². The molecule has 0 aliphatic rings. The van der Waals surface area contributed by atoms with E-state index in [-0.39, 0.29) is 0 Å². The van der Waals surface area contributed by atoms with Crippen LogP contribution in [0.3, 0.4) is 0 Å². The predicted octanol–water partition coefficient (Wildman–Crippen LogP) is 5.17. The van der Waals surface area contributed by atoms with Crippen molar-refractivity contribution < 1.29 is 61.5 Å². The van der Waals surface area contributed by atoms with Gasteiger partial charge >= 0.3 is 30.1 Å². The van der Waals surface area contributed by atoms with Crippen LogP contribution in [0.25, 0.3) is 0 Å². The lowest BCUT2D eigenvalue weighted by Crippen LogP contribution is -2.62. The van der Waals surface area contributed by atoms with Crippen LogP contribution in [0.5, 0.6) is 0 Å². The van der Waals surface area contributed by atoms with Crippen molar-refractivity contribution in [1.82, 2.24) is 0 Å². The van der Waals surface area contributed by atoms with Gasteiger partial charge in [0.05, 0.1) is 0 Å². The zero-order chi connectivity index (χ0) is 17.7. The average molecular weight is 350 g/mol. The molecule has 0 unspecified atom stereocenters. The zero-order valence-corrected chi connectivity index (χ0v) is 8.79. The van der Waals surface area contributed by atoms with Crippen LogP contribution in [-0.2, 0) is 0 Å². The van der Waals surface area contributed by atoms with Crippen molar-refractivity contribution in [2.45, 2.75) is 30.1 Å². The fraction of sp³-hybridized carbons (Fsp3) is 0.714. The van der Waals surface area contributed by atoms with Gasteiger partial charge in [0.15, 0.2) is 5.57 Å². The molecular formula is C7F14. The van der Waals surface area contributed by atoms with E-state index in [1.165, 1.54) is 0 Å². The van der Waals surface area contributed by atoms with Gasteiger partial charge in [0, 0.05) is 0 Å². The Morgan fingerprint density at radius 3 is 1.05 bits per heavy atom. The Bertz CT molecular complexity index is 416. The van der Waals surface area contributed by atoms with Crippen LogP contribution in [0.1, 0.15) is 0 Å². The first-order chi connectivity index (χ1) is 8.82. The van der Waals surface area contributed by atoms with Crippen LogP contribution in [-0.4, -0.2) is 30.1 Å². The maximum atomic E-state index is 12.7. The summed E-state index contributed by atoms with van der Waals surface area (Å²) in [4.78, 5) is 0. The number of hydrogen-bond acceptors (Lipinski definition) is 0. The van der Waals surface area contributed by atoms with E-state index < -0.39 is 41.8 Å². The molecule has 14 heteroatoms. The first-order valence-electron chi connectivity index (χ1n) is 4.15. The molecule has 0 fully saturated rings. The normalized spacial score (nSPS) is 15.1. The number of allylic oxidation sites excluding steroid dienone is 1. The number of rotatable bonds is 3. The molecule has 0 aromatic rings. The lowest BCUT2D eigenvalue weighted by molar-refractivity contribution is -0.393. The molecule has 0 atom stereocenters. The fourth-order valence-electron chi connectivity index (χ4n) is 0.936. The van der Waals surface area contributed by atoms with Crippen LogP contribution < -0.4 is 0 Å². The summed E-state index contributed by atoms with van der Waals surface area (Å²) in [6, 6.07) is 0. The van der Waals surface area contributed by atoms with Gasteiger partial charge < -0.3 is 0 Å². The van der Waals surface area contributed by atoms with Crippen molar-refractivity contribution in [1.29, 1.82) is 0 Å². The summed E-state index contributed by atoms with van der Waals surface area (Å²) in [6.07, 6.45) is -19.0. The summed E-state index contributed by atoms with van der Waals surface area (Å²) < 4.78 is 168. The Balaban J connectivity index is 6.32. The molecule has 0 aromatic carbocycles. The molecule has 0 saturated heterocycles. The summed E-state index contributed by atoms with van der Waals surface area (Å²) in [5.74, 6) is -23.1. The quantitative estimate of drug-likeness (QED) is 0.617. The van der Waals surface area contributed by atoms with Crippen molar-refractivity contribution >= 4 is 0 Å². The van der Waals surface area contributed by atoms with Gasteiger partial charge in [0.2, 0.25) is 0 Å². The van der Waals surface area contributed by atoms with Gasteiger partial charge in [-0.25, -0.2) is 0 Å². The molecule has 0 amide bonds. The molecule has 0 aliphatic heterocycles. The molecule has 21 heavy (non-hydrogen) atoms. The second-order valence-corrected chi connectivity index (χ2v) is 3.35. The van der Waals surface area contributed by atoms with Gasteiger partial charge in [-0.1, -0.05) is 0 Å². The molecule has 0 heterocycles. The van der Waals surface area contributed by atoms with Crippen LogP contribution in [0.4, 0.5) is 61.5 Å². The molecule has 0 rings (SSSR count). The highest BCUT2D eigenvalue weighted by atomic mass is 19.4. The molecule has 0 aromatic heterocycles. The number of hydrogen-bond donors (Lipinski definition) is 0. The molecular weight excluding hydrogens is 350 g/mol. The Kier molecular flexibility index (Phi) is 4.61. The van der Waals surface area contributed by atoms with Gasteiger partial charge in [0.1, 0.15) is 0 Å². The highest BCUT2D eigenvalue weighted by Crippen LogP contribution is 2.57. The van der Waals surface area contributed by atoms with Gasteiger partial charge in [-0.15, -0.1) is 0 Å². The Labute approximate surface area is 105 Å². The second kappa shape index (κ2) is 4.90. The minimum atomic E-state index is -7.81. The van der Waals surface area contributed by atoms with Gasteiger partial charge in [-0.05, 0) is 0 Å². The van der Waals surface area contributed by atoms with Crippen molar-refractivity contribution in [2.75, 3.05) is 0 Å². The monoisotopic (exact) mass is 350 g/mol. The Hall–Kier alpha value is -1.24. The molecule has 0 radical (unpaired) electrons.